The normalized spacial score (nSPS) is 10.8. The van der Waals surface area contributed by atoms with E-state index in [4.69, 9.17) is 4.98 Å². The zero-order valence-corrected chi connectivity index (χ0v) is 14.4. The van der Waals surface area contributed by atoms with E-state index in [1.54, 1.807) is 0 Å². The maximum absolute atomic E-state index is 12.0. The van der Waals surface area contributed by atoms with E-state index in [0.717, 1.165) is 22.2 Å². The van der Waals surface area contributed by atoms with Gasteiger partial charge in [-0.25, -0.2) is 15.0 Å². The number of para-hydroxylation sites is 1. The molecule has 2 aromatic carbocycles. The maximum atomic E-state index is 12.0. The molecule has 4 rings (SSSR count). The van der Waals surface area contributed by atoms with Crippen LogP contribution in [0.4, 0.5) is 0 Å². The van der Waals surface area contributed by atoms with Gasteiger partial charge in [-0.2, -0.15) is 0 Å². The van der Waals surface area contributed by atoms with Crippen molar-refractivity contribution in [1.82, 2.24) is 15.0 Å². The number of fused-ring (bicyclic) bond motifs is 1. The number of rotatable bonds is 4. The standard InChI is InChI=1S/C22H17N3O/c1-2-21(26)16-9-5-8-15(13-16)18-11-6-12-20(24-18)22-23-14-17-7-3-4-10-19(17)25-22/h3-14H,2H2,1H3. The van der Waals surface area contributed by atoms with Crippen molar-refractivity contribution in [2.75, 3.05) is 0 Å². The summed E-state index contributed by atoms with van der Waals surface area (Å²) < 4.78 is 0. The van der Waals surface area contributed by atoms with Crippen LogP contribution in [0, 0.1) is 0 Å². The second-order valence-corrected chi connectivity index (χ2v) is 6.02. The summed E-state index contributed by atoms with van der Waals surface area (Å²) in [5.74, 6) is 0.715. The van der Waals surface area contributed by atoms with Gasteiger partial charge in [0.05, 0.1) is 11.2 Å². The van der Waals surface area contributed by atoms with Crippen LogP contribution >= 0.6 is 0 Å². The fraction of sp³-hybridized carbons (Fsp3) is 0.0909. The molecule has 0 saturated heterocycles. The average Bonchev–Trinajstić information content (AvgIpc) is 2.73. The number of nitrogens with zero attached hydrogens (tertiary/aromatic N) is 3. The van der Waals surface area contributed by atoms with E-state index in [-0.39, 0.29) is 5.78 Å². The highest BCUT2D eigenvalue weighted by atomic mass is 16.1. The number of aromatic nitrogens is 3. The quantitative estimate of drug-likeness (QED) is 0.494. The summed E-state index contributed by atoms with van der Waals surface area (Å²) in [6.45, 7) is 1.87. The summed E-state index contributed by atoms with van der Waals surface area (Å²) in [6.07, 6.45) is 2.30. The maximum Gasteiger partial charge on any atom is 0.178 e. The molecule has 2 heterocycles. The van der Waals surface area contributed by atoms with E-state index < -0.39 is 0 Å². The van der Waals surface area contributed by atoms with Crippen LogP contribution in [0.2, 0.25) is 0 Å². The predicted molar refractivity (Wildman–Crippen MR) is 103 cm³/mol. The Bertz CT molecular complexity index is 1100. The molecule has 2 aromatic heterocycles. The van der Waals surface area contributed by atoms with Gasteiger partial charge < -0.3 is 0 Å². The van der Waals surface area contributed by atoms with Gasteiger partial charge in [0.1, 0.15) is 5.69 Å². The van der Waals surface area contributed by atoms with Gasteiger partial charge in [-0.15, -0.1) is 0 Å². The first-order chi connectivity index (χ1) is 12.7. The number of hydrogen-bond acceptors (Lipinski definition) is 4. The SMILES string of the molecule is CCC(=O)c1cccc(-c2cccc(-c3ncc4ccccc4n3)n2)c1. The van der Waals surface area contributed by atoms with E-state index in [0.29, 0.717) is 23.5 Å². The molecule has 4 heteroatoms. The number of carbonyl (C=O) groups is 1. The van der Waals surface area contributed by atoms with Gasteiger partial charge in [0.2, 0.25) is 0 Å². The van der Waals surface area contributed by atoms with Crippen molar-refractivity contribution in [2.24, 2.45) is 0 Å². The molecule has 0 radical (unpaired) electrons. The average molecular weight is 339 g/mol. The predicted octanol–water partition coefficient (Wildman–Crippen LogP) is 4.95. The molecule has 4 aromatic rings. The van der Waals surface area contributed by atoms with Gasteiger partial charge in [0.15, 0.2) is 11.6 Å². The molecule has 26 heavy (non-hydrogen) atoms. The van der Waals surface area contributed by atoms with Crippen molar-refractivity contribution in [1.29, 1.82) is 0 Å². The van der Waals surface area contributed by atoms with Crippen LogP contribution < -0.4 is 0 Å². The Morgan fingerprint density at radius 2 is 1.69 bits per heavy atom. The van der Waals surface area contributed by atoms with Crippen molar-refractivity contribution in [3.05, 3.63) is 78.5 Å². The molecule has 0 amide bonds. The van der Waals surface area contributed by atoms with Crippen LogP contribution in [0.3, 0.4) is 0 Å². The van der Waals surface area contributed by atoms with Crippen LogP contribution in [0.25, 0.3) is 33.7 Å². The molecule has 0 atom stereocenters. The Morgan fingerprint density at radius 1 is 0.885 bits per heavy atom. The molecule has 0 fully saturated rings. The Hall–Kier alpha value is -3.40. The number of carbonyl (C=O) groups excluding carboxylic acids is 1. The molecule has 0 aliphatic rings. The van der Waals surface area contributed by atoms with Gasteiger partial charge in [0.25, 0.3) is 0 Å². The first-order valence-electron chi connectivity index (χ1n) is 8.57. The van der Waals surface area contributed by atoms with Crippen LogP contribution in [0.1, 0.15) is 23.7 Å². The third kappa shape index (κ3) is 3.09. The van der Waals surface area contributed by atoms with Gasteiger partial charge in [0, 0.05) is 29.1 Å². The Labute approximate surface area is 151 Å². The Kier molecular flexibility index (Phi) is 4.23. The van der Waals surface area contributed by atoms with Crippen molar-refractivity contribution in [3.8, 4) is 22.8 Å². The van der Waals surface area contributed by atoms with Gasteiger partial charge in [-0.05, 0) is 24.3 Å². The lowest BCUT2D eigenvalue weighted by Crippen LogP contribution is -1.97. The smallest absolute Gasteiger partial charge is 0.178 e. The first-order valence-corrected chi connectivity index (χ1v) is 8.57. The molecule has 0 aliphatic carbocycles. The molecule has 126 valence electrons. The van der Waals surface area contributed by atoms with Crippen molar-refractivity contribution >= 4 is 16.7 Å². The van der Waals surface area contributed by atoms with Gasteiger partial charge in [-0.1, -0.05) is 49.4 Å². The molecule has 0 saturated carbocycles. The highest BCUT2D eigenvalue weighted by Crippen LogP contribution is 2.23. The zero-order valence-electron chi connectivity index (χ0n) is 14.4. The summed E-state index contributed by atoms with van der Waals surface area (Å²) in [6, 6.07) is 21.2. The van der Waals surface area contributed by atoms with Crippen LogP contribution in [0.15, 0.2) is 72.9 Å². The van der Waals surface area contributed by atoms with Crippen molar-refractivity contribution in [3.63, 3.8) is 0 Å². The van der Waals surface area contributed by atoms with E-state index >= 15 is 0 Å². The fourth-order valence-corrected chi connectivity index (χ4v) is 2.87. The van der Waals surface area contributed by atoms with E-state index in [9.17, 15) is 4.79 Å². The van der Waals surface area contributed by atoms with Crippen LogP contribution in [-0.4, -0.2) is 20.7 Å². The Morgan fingerprint density at radius 3 is 2.58 bits per heavy atom. The second-order valence-electron chi connectivity index (χ2n) is 6.02. The van der Waals surface area contributed by atoms with Crippen molar-refractivity contribution < 1.29 is 4.79 Å². The largest absolute Gasteiger partial charge is 0.294 e. The molecule has 0 aliphatic heterocycles. The summed E-state index contributed by atoms with van der Waals surface area (Å²) in [5.41, 5.74) is 4.01. The molecule has 0 unspecified atom stereocenters. The number of hydrogen-bond donors (Lipinski definition) is 0. The molecular weight excluding hydrogens is 322 g/mol. The minimum absolute atomic E-state index is 0.126. The van der Waals surface area contributed by atoms with Crippen LogP contribution in [0.5, 0.6) is 0 Å². The highest BCUT2D eigenvalue weighted by molar-refractivity contribution is 5.96. The van der Waals surface area contributed by atoms with E-state index in [1.807, 2.05) is 79.9 Å². The number of benzene rings is 2. The van der Waals surface area contributed by atoms with E-state index in [1.165, 1.54) is 0 Å². The summed E-state index contributed by atoms with van der Waals surface area (Å²) in [4.78, 5) is 25.7. The Balaban J connectivity index is 1.75. The van der Waals surface area contributed by atoms with Crippen molar-refractivity contribution in [2.45, 2.75) is 13.3 Å². The summed E-state index contributed by atoms with van der Waals surface area (Å²) >= 11 is 0. The monoisotopic (exact) mass is 339 g/mol. The first kappa shape index (κ1) is 16.1. The molecule has 4 nitrogen and oxygen atoms in total. The number of ketones is 1. The lowest BCUT2D eigenvalue weighted by atomic mass is 10.0. The molecule has 0 bridgehead atoms. The number of pyridine rings is 1. The lowest BCUT2D eigenvalue weighted by Gasteiger charge is -2.06. The lowest BCUT2D eigenvalue weighted by molar-refractivity contribution is 0.0988. The number of Topliss-reactive ketones (excluding diaryl/α,β-unsaturated/α-hetero) is 1. The fourth-order valence-electron chi connectivity index (χ4n) is 2.87. The van der Waals surface area contributed by atoms with Crippen LogP contribution in [-0.2, 0) is 0 Å². The van der Waals surface area contributed by atoms with E-state index in [2.05, 4.69) is 9.97 Å². The molecule has 0 spiro atoms. The summed E-state index contributed by atoms with van der Waals surface area (Å²) in [7, 11) is 0. The zero-order chi connectivity index (χ0) is 17.9. The third-order valence-electron chi connectivity index (χ3n) is 4.27. The second kappa shape index (κ2) is 6.84. The minimum atomic E-state index is 0.126. The molecular formula is C22H17N3O. The van der Waals surface area contributed by atoms with Gasteiger partial charge in [-0.3, -0.25) is 4.79 Å². The summed E-state index contributed by atoms with van der Waals surface area (Å²) in [5, 5.41) is 0.998. The third-order valence-corrected chi connectivity index (χ3v) is 4.27. The molecule has 0 N–H and O–H groups in total. The van der Waals surface area contributed by atoms with Gasteiger partial charge >= 0.3 is 0 Å². The minimum Gasteiger partial charge on any atom is -0.294 e. The highest BCUT2D eigenvalue weighted by Gasteiger charge is 2.09. The topological polar surface area (TPSA) is 55.7 Å².